The average molecular weight is 252 g/mol. The lowest BCUT2D eigenvalue weighted by atomic mass is 10.3. The average Bonchev–Trinajstić information content (AvgIpc) is 2.30. The summed E-state index contributed by atoms with van der Waals surface area (Å²) in [5, 5.41) is 3.52. The molecule has 0 aliphatic rings. The van der Waals surface area contributed by atoms with Crippen LogP contribution in [-0.4, -0.2) is 9.97 Å². The second-order valence-corrected chi connectivity index (χ2v) is 3.98. The van der Waals surface area contributed by atoms with Gasteiger partial charge in [0.2, 0.25) is 0 Å². The number of halogens is 2. The minimum Gasteiger partial charge on any atom is -0.378 e. The van der Waals surface area contributed by atoms with Gasteiger partial charge in [0.15, 0.2) is 0 Å². The summed E-state index contributed by atoms with van der Waals surface area (Å²) in [4.78, 5) is 8.23. The van der Waals surface area contributed by atoms with Crippen LogP contribution in [0.1, 0.15) is 11.5 Å². The van der Waals surface area contributed by atoms with E-state index in [9.17, 15) is 4.39 Å². The number of benzene rings is 1. The third-order valence-electron chi connectivity index (χ3n) is 2.22. The van der Waals surface area contributed by atoms with Crippen molar-refractivity contribution < 1.29 is 4.39 Å². The van der Waals surface area contributed by atoms with Gasteiger partial charge in [0.05, 0.1) is 22.9 Å². The zero-order valence-electron chi connectivity index (χ0n) is 9.24. The lowest BCUT2D eigenvalue weighted by molar-refractivity contribution is 0.628. The normalized spacial score (nSPS) is 10.3. The van der Waals surface area contributed by atoms with Crippen LogP contribution in [0.5, 0.6) is 0 Å². The Bertz CT molecular complexity index is 531. The van der Waals surface area contributed by atoms with E-state index in [1.807, 2.05) is 6.92 Å². The minimum absolute atomic E-state index is 0.323. The zero-order valence-corrected chi connectivity index (χ0v) is 10.0. The van der Waals surface area contributed by atoms with Crippen molar-refractivity contribution in [1.29, 1.82) is 0 Å². The molecule has 2 aromatic rings. The van der Waals surface area contributed by atoms with Crippen LogP contribution in [-0.2, 0) is 6.54 Å². The largest absolute Gasteiger partial charge is 0.378 e. The Balaban J connectivity index is 2.09. The van der Waals surface area contributed by atoms with Crippen molar-refractivity contribution in [3.05, 3.63) is 52.8 Å². The molecule has 0 fully saturated rings. The van der Waals surface area contributed by atoms with Crippen LogP contribution in [0.3, 0.4) is 0 Å². The summed E-state index contributed by atoms with van der Waals surface area (Å²) >= 11 is 5.93. The maximum absolute atomic E-state index is 13.0. The molecule has 3 nitrogen and oxygen atoms in total. The van der Waals surface area contributed by atoms with Gasteiger partial charge in [-0.2, -0.15) is 0 Å². The van der Waals surface area contributed by atoms with E-state index in [1.54, 1.807) is 12.3 Å². The van der Waals surface area contributed by atoms with Gasteiger partial charge in [0.25, 0.3) is 0 Å². The lowest BCUT2D eigenvalue weighted by Gasteiger charge is -2.08. The Morgan fingerprint density at radius 2 is 2.18 bits per heavy atom. The van der Waals surface area contributed by atoms with Crippen LogP contribution >= 0.6 is 11.6 Å². The molecule has 0 unspecified atom stereocenters. The van der Waals surface area contributed by atoms with Crippen LogP contribution in [0.25, 0.3) is 0 Å². The van der Waals surface area contributed by atoms with Gasteiger partial charge in [-0.3, -0.25) is 0 Å². The summed E-state index contributed by atoms with van der Waals surface area (Å²) in [5.74, 6) is 0.380. The molecule has 0 aliphatic carbocycles. The lowest BCUT2D eigenvalue weighted by Crippen LogP contribution is -2.03. The number of hydrogen-bond donors (Lipinski definition) is 1. The van der Waals surface area contributed by atoms with Crippen molar-refractivity contribution in [3.63, 3.8) is 0 Å². The van der Waals surface area contributed by atoms with Gasteiger partial charge in [-0.25, -0.2) is 14.4 Å². The fourth-order valence-electron chi connectivity index (χ4n) is 1.42. The van der Waals surface area contributed by atoms with Gasteiger partial charge in [-0.1, -0.05) is 11.6 Å². The van der Waals surface area contributed by atoms with E-state index in [0.29, 0.717) is 23.1 Å². The summed E-state index contributed by atoms with van der Waals surface area (Å²) in [5.41, 5.74) is 1.39. The minimum atomic E-state index is -0.323. The maximum Gasteiger partial charge on any atom is 0.125 e. The molecule has 1 aromatic heterocycles. The van der Waals surface area contributed by atoms with Crippen molar-refractivity contribution in [2.75, 3.05) is 5.32 Å². The smallest absolute Gasteiger partial charge is 0.125 e. The van der Waals surface area contributed by atoms with Crippen molar-refractivity contribution in [2.45, 2.75) is 13.5 Å². The number of nitrogens with zero attached hydrogens (tertiary/aromatic N) is 2. The third-order valence-corrected chi connectivity index (χ3v) is 2.55. The molecule has 1 aromatic carbocycles. The highest BCUT2D eigenvalue weighted by Crippen LogP contribution is 2.22. The summed E-state index contributed by atoms with van der Waals surface area (Å²) in [7, 11) is 0. The maximum atomic E-state index is 13.0. The molecule has 1 heterocycles. The Hall–Kier alpha value is -1.68. The highest BCUT2D eigenvalue weighted by molar-refractivity contribution is 6.33. The van der Waals surface area contributed by atoms with Gasteiger partial charge < -0.3 is 5.32 Å². The molecule has 5 heteroatoms. The Kier molecular flexibility index (Phi) is 3.54. The predicted molar refractivity (Wildman–Crippen MR) is 65.5 cm³/mol. The third kappa shape index (κ3) is 3.14. The SMILES string of the molecule is Cc1nccc(CNc2cc(F)ccc2Cl)n1. The molecular weight excluding hydrogens is 241 g/mol. The number of aryl methyl sites for hydroxylation is 1. The molecule has 0 atom stereocenters. The zero-order chi connectivity index (χ0) is 12.3. The molecular formula is C12H11ClFN3. The first-order valence-corrected chi connectivity index (χ1v) is 5.50. The van der Waals surface area contributed by atoms with Crippen LogP contribution in [0.15, 0.2) is 30.5 Å². The topological polar surface area (TPSA) is 37.8 Å². The van der Waals surface area contributed by atoms with Gasteiger partial charge >= 0.3 is 0 Å². The van der Waals surface area contributed by atoms with E-state index in [1.165, 1.54) is 18.2 Å². The molecule has 0 saturated carbocycles. The van der Waals surface area contributed by atoms with Crippen LogP contribution in [0.4, 0.5) is 10.1 Å². The van der Waals surface area contributed by atoms with E-state index >= 15 is 0 Å². The predicted octanol–water partition coefficient (Wildman–Crippen LogP) is 3.19. The summed E-state index contributed by atoms with van der Waals surface area (Å²) < 4.78 is 13.0. The molecule has 0 spiro atoms. The molecule has 0 radical (unpaired) electrons. The van der Waals surface area contributed by atoms with E-state index < -0.39 is 0 Å². The second-order valence-electron chi connectivity index (χ2n) is 3.57. The molecule has 1 N–H and O–H groups in total. The molecule has 0 aliphatic heterocycles. The first-order chi connectivity index (χ1) is 8.15. The van der Waals surface area contributed by atoms with E-state index in [4.69, 9.17) is 11.6 Å². The summed E-state index contributed by atoms with van der Waals surface area (Å²) in [6.45, 7) is 2.30. The van der Waals surface area contributed by atoms with Crippen molar-refractivity contribution in [3.8, 4) is 0 Å². The summed E-state index contributed by atoms with van der Waals surface area (Å²) in [6, 6.07) is 6.00. The Labute approximate surface area is 104 Å². The molecule has 0 bridgehead atoms. The number of aromatic nitrogens is 2. The van der Waals surface area contributed by atoms with Crippen molar-refractivity contribution in [2.24, 2.45) is 0 Å². The van der Waals surface area contributed by atoms with Gasteiger partial charge in [0.1, 0.15) is 11.6 Å². The highest BCUT2D eigenvalue weighted by Gasteiger charge is 2.02. The monoisotopic (exact) mass is 251 g/mol. The first kappa shape index (κ1) is 11.8. The second kappa shape index (κ2) is 5.10. The molecule has 2 rings (SSSR count). The Morgan fingerprint density at radius 1 is 1.35 bits per heavy atom. The standard InChI is InChI=1S/C12H11ClFN3/c1-8-15-5-4-10(17-8)7-16-12-6-9(14)2-3-11(12)13/h2-6,16H,7H2,1H3. The fourth-order valence-corrected chi connectivity index (χ4v) is 1.61. The fraction of sp³-hybridized carbons (Fsp3) is 0.167. The number of nitrogens with one attached hydrogen (secondary N) is 1. The van der Waals surface area contributed by atoms with Crippen molar-refractivity contribution in [1.82, 2.24) is 9.97 Å². The van der Waals surface area contributed by atoms with Crippen LogP contribution in [0, 0.1) is 12.7 Å². The number of anilines is 1. The molecule has 17 heavy (non-hydrogen) atoms. The molecule has 0 amide bonds. The Morgan fingerprint density at radius 3 is 2.94 bits per heavy atom. The van der Waals surface area contributed by atoms with Gasteiger partial charge in [-0.05, 0) is 31.2 Å². The van der Waals surface area contributed by atoms with Crippen LogP contribution < -0.4 is 5.32 Å². The number of rotatable bonds is 3. The van der Waals surface area contributed by atoms with Gasteiger partial charge in [-0.15, -0.1) is 0 Å². The van der Waals surface area contributed by atoms with E-state index in [2.05, 4.69) is 15.3 Å². The summed E-state index contributed by atoms with van der Waals surface area (Å²) in [6.07, 6.45) is 1.69. The van der Waals surface area contributed by atoms with E-state index in [-0.39, 0.29) is 5.82 Å². The quantitative estimate of drug-likeness (QED) is 0.910. The van der Waals surface area contributed by atoms with Crippen molar-refractivity contribution >= 4 is 17.3 Å². The number of hydrogen-bond acceptors (Lipinski definition) is 3. The molecule has 0 saturated heterocycles. The van der Waals surface area contributed by atoms with E-state index in [0.717, 1.165) is 5.69 Å². The van der Waals surface area contributed by atoms with Gasteiger partial charge in [0, 0.05) is 6.20 Å². The first-order valence-electron chi connectivity index (χ1n) is 5.12. The van der Waals surface area contributed by atoms with Crippen LogP contribution in [0.2, 0.25) is 5.02 Å². The highest BCUT2D eigenvalue weighted by atomic mass is 35.5. The molecule has 88 valence electrons.